The van der Waals surface area contributed by atoms with Crippen LogP contribution in [-0.4, -0.2) is 0 Å². The van der Waals surface area contributed by atoms with E-state index in [9.17, 15) is 0 Å². The molecule has 98 valence electrons. The van der Waals surface area contributed by atoms with Gasteiger partial charge in [-0.15, -0.1) is 0 Å². The van der Waals surface area contributed by atoms with Gasteiger partial charge in [-0.2, -0.15) is 0 Å². The van der Waals surface area contributed by atoms with Crippen LogP contribution in [0.5, 0.6) is 0 Å². The van der Waals surface area contributed by atoms with E-state index in [0.29, 0.717) is 5.41 Å². The second-order valence-corrected chi connectivity index (χ2v) is 6.75. The van der Waals surface area contributed by atoms with E-state index in [4.69, 9.17) is 0 Å². The van der Waals surface area contributed by atoms with Crippen LogP contribution in [0, 0.1) is 25.7 Å². The zero-order valence-corrected chi connectivity index (χ0v) is 12.1. The van der Waals surface area contributed by atoms with E-state index in [-0.39, 0.29) is 0 Å². The minimum Gasteiger partial charge on any atom is -0.0651 e. The molecule has 0 heteroatoms. The van der Waals surface area contributed by atoms with Crippen molar-refractivity contribution < 1.29 is 0 Å². The van der Waals surface area contributed by atoms with E-state index in [2.05, 4.69) is 39.0 Å². The summed E-state index contributed by atoms with van der Waals surface area (Å²) in [6.45, 7) is 6.85. The molecule has 2 aliphatic carbocycles. The number of hydrogen-bond acceptors (Lipinski definition) is 0. The Morgan fingerprint density at radius 1 is 1.17 bits per heavy atom. The second kappa shape index (κ2) is 4.40. The molecule has 0 aromatic heterocycles. The van der Waals surface area contributed by atoms with Crippen molar-refractivity contribution >= 4 is 0 Å². The van der Waals surface area contributed by atoms with Crippen molar-refractivity contribution in [3.63, 3.8) is 0 Å². The molecule has 3 rings (SSSR count). The topological polar surface area (TPSA) is 0 Å². The van der Waals surface area contributed by atoms with Crippen molar-refractivity contribution in [3.8, 4) is 0 Å². The summed E-state index contributed by atoms with van der Waals surface area (Å²) in [5, 5.41) is 0. The van der Waals surface area contributed by atoms with E-state index in [1.54, 1.807) is 5.56 Å². The molecular weight excluding hydrogens is 216 g/mol. The van der Waals surface area contributed by atoms with Crippen LogP contribution in [0.4, 0.5) is 0 Å². The fourth-order valence-electron chi connectivity index (χ4n) is 3.64. The SMILES string of the molecule is CCC1CC1(CCC1CC1)c1ccc(C)c(C)c1. The Kier molecular flexibility index (Phi) is 3.00. The Morgan fingerprint density at radius 3 is 2.50 bits per heavy atom. The van der Waals surface area contributed by atoms with Gasteiger partial charge in [0.05, 0.1) is 0 Å². The van der Waals surface area contributed by atoms with Crippen LogP contribution in [0.3, 0.4) is 0 Å². The maximum absolute atomic E-state index is 2.47. The molecule has 0 nitrogen and oxygen atoms in total. The lowest BCUT2D eigenvalue weighted by Gasteiger charge is -2.19. The quantitative estimate of drug-likeness (QED) is 0.669. The summed E-state index contributed by atoms with van der Waals surface area (Å²) >= 11 is 0. The Hall–Kier alpha value is -0.780. The monoisotopic (exact) mass is 242 g/mol. The molecule has 0 spiro atoms. The van der Waals surface area contributed by atoms with Gasteiger partial charge in [0.15, 0.2) is 0 Å². The molecule has 2 aliphatic rings. The van der Waals surface area contributed by atoms with Gasteiger partial charge in [0.1, 0.15) is 0 Å². The molecule has 0 radical (unpaired) electrons. The average Bonchev–Trinajstić information content (AvgIpc) is 3.25. The molecule has 0 N–H and O–H groups in total. The van der Waals surface area contributed by atoms with Gasteiger partial charge < -0.3 is 0 Å². The normalized spacial score (nSPS) is 30.5. The average molecular weight is 242 g/mol. The third-order valence-electron chi connectivity index (χ3n) is 5.50. The summed E-state index contributed by atoms with van der Waals surface area (Å²) in [6, 6.07) is 7.21. The number of hydrogen-bond donors (Lipinski definition) is 0. The number of rotatable bonds is 5. The first-order valence-corrected chi connectivity index (χ1v) is 7.73. The third-order valence-corrected chi connectivity index (χ3v) is 5.50. The van der Waals surface area contributed by atoms with Gasteiger partial charge in [0.2, 0.25) is 0 Å². The lowest BCUT2D eigenvalue weighted by molar-refractivity contribution is 0.501. The highest BCUT2D eigenvalue weighted by Gasteiger charge is 2.53. The van der Waals surface area contributed by atoms with Gasteiger partial charge in [-0.05, 0) is 67.1 Å². The van der Waals surface area contributed by atoms with Crippen LogP contribution < -0.4 is 0 Å². The van der Waals surface area contributed by atoms with Crippen LogP contribution in [0.25, 0.3) is 0 Å². The molecule has 0 bridgehead atoms. The molecule has 1 aromatic rings. The summed E-state index contributed by atoms with van der Waals surface area (Å²) in [5.41, 5.74) is 5.11. The zero-order valence-electron chi connectivity index (χ0n) is 12.1. The number of aryl methyl sites for hydroxylation is 2. The fraction of sp³-hybridized carbons (Fsp3) is 0.667. The molecule has 2 saturated carbocycles. The van der Waals surface area contributed by atoms with Crippen molar-refractivity contribution in [2.24, 2.45) is 11.8 Å². The maximum atomic E-state index is 2.47. The van der Waals surface area contributed by atoms with Crippen molar-refractivity contribution in [2.45, 2.75) is 64.7 Å². The van der Waals surface area contributed by atoms with Gasteiger partial charge in [0.25, 0.3) is 0 Å². The molecule has 2 fully saturated rings. The predicted octanol–water partition coefficient (Wildman–Crippen LogP) is 5.16. The third kappa shape index (κ3) is 2.11. The Balaban J connectivity index is 1.81. The van der Waals surface area contributed by atoms with Gasteiger partial charge in [0, 0.05) is 0 Å². The molecule has 0 amide bonds. The Labute approximate surface area is 112 Å². The lowest BCUT2D eigenvalue weighted by atomic mass is 9.85. The van der Waals surface area contributed by atoms with E-state index < -0.39 is 0 Å². The largest absolute Gasteiger partial charge is 0.0651 e. The van der Waals surface area contributed by atoms with Crippen LogP contribution in [0.1, 0.15) is 62.1 Å². The Morgan fingerprint density at radius 2 is 1.94 bits per heavy atom. The second-order valence-electron chi connectivity index (χ2n) is 6.75. The molecule has 0 saturated heterocycles. The van der Waals surface area contributed by atoms with Crippen LogP contribution in [-0.2, 0) is 5.41 Å². The molecule has 1 aromatic carbocycles. The highest BCUT2D eigenvalue weighted by Crippen LogP contribution is 2.60. The summed E-state index contributed by atoms with van der Waals surface area (Å²) < 4.78 is 0. The van der Waals surface area contributed by atoms with Crippen LogP contribution in [0.15, 0.2) is 18.2 Å². The highest BCUT2D eigenvalue weighted by molar-refractivity contribution is 5.39. The van der Waals surface area contributed by atoms with E-state index >= 15 is 0 Å². The van der Waals surface area contributed by atoms with E-state index in [1.807, 2.05) is 0 Å². The van der Waals surface area contributed by atoms with Crippen molar-refractivity contribution in [1.29, 1.82) is 0 Å². The fourth-order valence-corrected chi connectivity index (χ4v) is 3.64. The first-order valence-electron chi connectivity index (χ1n) is 7.73. The Bertz CT molecular complexity index is 441. The van der Waals surface area contributed by atoms with Crippen LogP contribution >= 0.6 is 0 Å². The minimum absolute atomic E-state index is 0.565. The molecule has 0 aliphatic heterocycles. The van der Waals surface area contributed by atoms with Gasteiger partial charge in [-0.1, -0.05) is 44.4 Å². The molecule has 2 unspecified atom stereocenters. The van der Waals surface area contributed by atoms with Gasteiger partial charge in [-0.25, -0.2) is 0 Å². The first kappa shape index (κ1) is 12.3. The summed E-state index contributed by atoms with van der Waals surface area (Å²) in [5.74, 6) is 2.03. The summed E-state index contributed by atoms with van der Waals surface area (Å²) in [7, 11) is 0. The zero-order chi connectivity index (χ0) is 12.8. The smallest absolute Gasteiger partial charge is 0.00154 e. The minimum atomic E-state index is 0.565. The van der Waals surface area contributed by atoms with Crippen LogP contribution in [0.2, 0.25) is 0 Å². The first-order chi connectivity index (χ1) is 8.65. The lowest BCUT2D eigenvalue weighted by Crippen LogP contribution is -2.11. The molecule has 18 heavy (non-hydrogen) atoms. The van der Waals surface area contributed by atoms with E-state index in [1.165, 1.54) is 49.7 Å². The van der Waals surface area contributed by atoms with Gasteiger partial charge in [-0.3, -0.25) is 0 Å². The molecule has 0 heterocycles. The number of benzene rings is 1. The predicted molar refractivity (Wildman–Crippen MR) is 78.0 cm³/mol. The molecule has 2 atom stereocenters. The molecular formula is C18H26. The standard InChI is InChI=1S/C18H26/c1-4-16-12-18(16,10-9-15-6-7-15)17-8-5-13(2)14(3)11-17/h5,8,11,15-16H,4,6-7,9-10,12H2,1-3H3. The van der Waals surface area contributed by atoms with Crippen molar-refractivity contribution in [1.82, 2.24) is 0 Å². The van der Waals surface area contributed by atoms with E-state index in [0.717, 1.165) is 11.8 Å². The highest BCUT2D eigenvalue weighted by atomic mass is 14.6. The summed E-state index contributed by atoms with van der Waals surface area (Å²) in [6.07, 6.45) is 8.72. The maximum Gasteiger partial charge on any atom is -0.00154 e. The van der Waals surface area contributed by atoms with Gasteiger partial charge >= 0.3 is 0 Å². The van der Waals surface area contributed by atoms with Crippen molar-refractivity contribution in [2.75, 3.05) is 0 Å². The summed E-state index contributed by atoms with van der Waals surface area (Å²) in [4.78, 5) is 0. The van der Waals surface area contributed by atoms with Crippen molar-refractivity contribution in [3.05, 3.63) is 34.9 Å².